The summed E-state index contributed by atoms with van der Waals surface area (Å²) < 4.78 is 45.8. The fraction of sp³-hybridized carbons (Fsp3) is 0.387. The lowest BCUT2D eigenvalue weighted by atomic mass is 9.95. The number of pyridine rings is 1. The quantitative estimate of drug-likeness (QED) is 0.240. The number of nitrogens with one attached hydrogen (secondary N) is 2. The standard InChI is InChI=1S/C31H34F3N5O/c1-19-16-23(18-35-17-19)38-30-37-15-13-27(39-30)26-8-5-14-36-29(26)40-28-20(2)9-12-24-22(6-4-7-25(24)28)11-10-21(3)31(32,33)34/h4-9,12-15,19,21,23,35H,10-11,16-18H2,1-3H3,(H,37,38,39)/t19-,21+,23+/m1/s1. The average molecular weight is 550 g/mol. The van der Waals surface area contributed by atoms with Crippen molar-refractivity contribution in [1.82, 2.24) is 20.3 Å². The maximum absolute atomic E-state index is 13.1. The Labute approximate surface area is 232 Å². The molecule has 4 aromatic rings. The van der Waals surface area contributed by atoms with Gasteiger partial charge in [-0.2, -0.15) is 13.2 Å². The first kappa shape index (κ1) is 27.8. The second kappa shape index (κ2) is 11.8. The summed E-state index contributed by atoms with van der Waals surface area (Å²) in [7, 11) is 0. The second-order valence-corrected chi connectivity index (χ2v) is 10.8. The summed E-state index contributed by atoms with van der Waals surface area (Å²) in [4.78, 5) is 13.7. The minimum Gasteiger partial charge on any atom is -0.437 e. The van der Waals surface area contributed by atoms with Crippen LogP contribution in [0, 0.1) is 18.8 Å². The molecule has 0 saturated carbocycles. The number of piperidine rings is 1. The number of aryl methyl sites for hydroxylation is 2. The first-order valence-corrected chi connectivity index (χ1v) is 13.7. The van der Waals surface area contributed by atoms with Crippen LogP contribution in [0.3, 0.4) is 0 Å². The normalized spacial score (nSPS) is 18.4. The third kappa shape index (κ3) is 6.36. The molecule has 40 heavy (non-hydrogen) atoms. The number of rotatable bonds is 8. The van der Waals surface area contributed by atoms with E-state index in [2.05, 4.69) is 27.5 Å². The molecule has 210 valence electrons. The van der Waals surface area contributed by atoms with Crippen LogP contribution in [-0.2, 0) is 6.42 Å². The van der Waals surface area contributed by atoms with Gasteiger partial charge >= 0.3 is 6.18 Å². The molecule has 9 heteroatoms. The van der Waals surface area contributed by atoms with Crippen molar-refractivity contribution in [3.63, 3.8) is 0 Å². The highest BCUT2D eigenvalue weighted by Gasteiger charge is 2.35. The summed E-state index contributed by atoms with van der Waals surface area (Å²) in [5.41, 5.74) is 3.15. The fourth-order valence-corrected chi connectivity index (χ4v) is 5.18. The Hall–Kier alpha value is -3.72. The molecule has 3 heterocycles. The monoisotopic (exact) mass is 549 g/mol. The zero-order valence-corrected chi connectivity index (χ0v) is 22.9. The van der Waals surface area contributed by atoms with Gasteiger partial charge in [0.05, 0.1) is 17.2 Å². The van der Waals surface area contributed by atoms with Crippen molar-refractivity contribution in [2.45, 2.75) is 52.3 Å². The molecule has 0 unspecified atom stereocenters. The summed E-state index contributed by atoms with van der Waals surface area (Å²) in [5, 5.41) is 8.58. The maximum atomic E-state index is 13.1. The predicted molar refractivity (Wildman–Crippen MR) is 152 cm³/mol. The van der Waals surface area contributed by atoms with Gasteiger partial charge in [-0.1, -0.05) is 44.2 Å². The van der Waals surface area contributed by atoms with Gasteiger partial charge in [0.25, 0.3) is 0 Å². The molecule has 1 fully saturated rings. The predicted octanol–water partition coefficient (Wildman–Crippen LogP) is 7.33. The highest BCUT2D eigenvalue weighted by Crippen LogP contribution is 2.38. The van der Waals surface area contributed by atoms with Gasteiger partial charge in [-0.3, -0.25) is 0 Å². The number of halogens is 3. The topological polar surface area (TPSA) is 72.0 Å². The van der Waals surface area contributed by atoms with Gasteiger partial charge in [-0.05, 0) is 73.4 Å². The van der Waals surface area contributed by atoms with E-state index in [4.69, 9.17) is 9.72 Å². The van der Waals surface area contributed by atoms with Gasteiger partial charge in [-0.15, -0.1) is 0 Å². The first-order chi connectivity index (χ1) is 19.2. The van der Waals surface area contributed by atoms with Crippen molar-refractivity contribution in [3.05, 3.63) is 72.1 Å². The summed E-state index contributed by atoms with van der Waals surface area (Å²) in [6.45, 7) is 7.27. The first-order valence-electron chi connectivity index (χ1n) is 13.7. The van der Waals surface area contributed by atoms with Crippen molar-refractivity contribution in [1.29, 1.82) is 0 Å². The van der Waals surface area contributed by atoms with Crippen molar-refractivity contribution in [2.24, 2.45) is 11.8 Å². The van der Waals surface area contributed by atoms with Crippen LogP contribution in [0.1, 0.15) is 37.8 Å². The SMILES string of the molecule is Cc1ccc2c(CC[C@H](C)C(F)(F)F)cccc2c1Oc1ncccc1-c1ccnc(N[C@@H]2CNC[C@H](C)C2)n1. The third-order valence-corrected chi connectivity index (χ3v) is 7.51. The van der Waals surface area contributed by atoms with E-state index in [1.165, 1.54) is 6.92 Å². The van der Waals surface area contributed by atoms with E-state index in [-0.39, 0.29) is 12.5 Å². The maximum Gasteiger partial charge on any atom is 0.391 e. The van der Waals surface area contributed by atoms with Gasteiger partial charge in [0.1, 0.15) is 5.75 Å². The summed E-state index contributed by atoms with van der Waals surface area (Å²) in [6.07, 6.45) is 0.571. The number of fused-ring (bicyclic) bond motifs is 1. The van der Waals surface area contributed by atoms with Crippen molar-refractivity contribution in [2.75, 3.05) is 18.4 Å². The zero-order chi connectivity index (χ0) is 28.3. The van der Waals surface area contributed by atoms with E-state index in [1.54, 1.807) is 12.4 Å². The Morgan fingerprint density at radius 2 is 1.88 bits per heavy atom. The lowest BCUT2D eigenvalue weighted by Gasteiger charge is -2.28. The largest absolute Gasteiger partial charge is 0.437 e. The summed E-state index contributed by atoms with van der Waals surface area (Å²) in [5.74, 6) is 0.771. The van der Waals surface area contributed by atoms with Gasteiger partial charge in [-0.25, -0.2) is 15.0 Å². The van der Waals surface area contributed by atoms with E-state index in [1.807, 2.05) is 55.5 Å². The molecule has 2 N–H and O–H groups in total. The molecule has 0 aliphatic carbocycles. The van der Waals surface area contributed by atoms with Crippen LogP contribution in [0.25, 0.3) is 22.0 Å². The molecule has 6 nitrogen and oxygen atoms in total. The van der Waals surface area contributed by atoms with Crippen LogP contribution >= 0.6 is 0 Å². The fourth-order valence-electron chi connectivity index (χ4n) is 5.18. The van der Waals surface area contributed by atoms with E-state index in [0.29, 0.717) is 35.6 Å². The molecule has 0 bridgehead atoms. The minimum absolute atomic E-state index is 0.0248. The van der Waals surface area contributed by atoms with Gasteiger partial charge in [0, 0.05) is 30.4 Å². The lowest BCUT2D eigenvalue weighted by Crippen LogP contribution is -2.42. The van der Waals surface area contributed by atoms with E-state index < -0.39 is 12.1 Å². The number of benzene rings is 2. The van der Waals surface area contributed by atoms with Gasteiger partial charge < -0.3 is 15.4 Å². The molecule has 2 aromatic carbocycles. The van der Waals surface area contributed by atoms with E-state index in [0.717, 1.165) is 47.0 Å². The highest BCUT2D eigenvalue weighted by atomic mass is 19.4. The van der Waals surface area contributed by atoms with Gasteiger partial charge in [0.2, 0.25) is 11.8 Å². The third-order valence-electron chi connectivity index (χ3n) is 7.51. The molecular weight excluding hydrogens is 515 g/mol. The number of hydrogen-bond donors (Lipinski definition) is 2. The molecule has 0 radical (unpaired) electrons. The van der Waals surface area contributed by atoms with Gasteiger partial charge in [0.15, 0.2) is 0 Å². The highest BCUT2D eigenvalue weighted by molar-refractivity contribution is 5.92. The molecule has 3 atom stereocenters. The van der Waals surface area contributed by atoms with Crippen LogP contribution in [0.2, 0.25) is 0 Å². The zero-order valence-electron chi connectivity index (χ0n) is 22.9. The Kier molecular flexibility index (Phi) is 8.21. The Bertz CT molecular complexity index is 1480. The smallest absolute Gasteiger partial charge is 0.391 e. The van der Waals surface area contributed by atoms with E-state index in [9.17, 15) is 13.2 Å². The Morgan fingerprint density at radius 3 is 2.67 bits per heavy atom. The number of nitrogens with zero attached hydrogens (tertiary/aromatic N) is 3. The van der Waals surface area contributed by atoms with Crippen LogP contribution in [0.5, 0.6) is 11.6 Å². The number of aromatic nitrogens is 3. The molecule has 1 saturated heterocycles. The van der Waals surface area contributed by atoms with Crippen molar-refractivity contribution < 1.29 is 17.9 Å². The number of hydrogen-bond acceptors (Lipinski definition) is 6. The number of ether oxygens (including phenoxy) is 1. The number of alkyl halides is 3. The lowest BCUT2D eigenvalue weighted by molar-refractivity contribution is -0.170. The van der Waals surface area contributed by atoms with Crippen LogP contribution in [0.15, 0.2) is 60.9 Å². The molecule has 1 aliphatic heterocycles. The van der Waals surface area contributed by atoms with Crippen molar-refractivity contribution in [3.8, 4) is 22.9 Å². The Balaban J connectivity index is 1.43. The molecular formula is C31H34F3N5O. The van der Waals surface area contributed by atoms with Crippen LogP contribution < -0.4 is 15.4 Å². The Morgan fingerprint density at radius 1 is 1.02 bits per heavy atom. The average Bonchev–Trinajstić information content (AvgIpc) is 2.93. The summed E-state index contributed by atoms with van der Waals surface area (Å²) >= 11 is 0. The van der Waals surface area contributed by atoms with E-state index >= 15 is 0 Å². The molecule has 2 aromatic heterocycles. The number of anilines is 1. The van der Waals surface area contributed by atoms with Crippen LogP contribution in [0.4, 0.5) is 19.1 Å². The summed E-state index contributed by atoms with van der Waals surface area (Å²) in [6, 6.07) is 15.4. The molecule has 1 aliphatic rings. The molecule has 5 rings (SSSR count). The minimum atomic E-state index is -4.20. The molecule has 0 amide bonds. The van der Waals surface area contributed by atoms with Crippen molar-refractivity contribution >= 4 is 16.7 Å². The van der Waals surface area contributed by atoms with Crippen LogP contribution in [-0.4, -0.2) is 40.3 Å². The molecule has 0 spiro atoms. The second-order valence-electron chi connectivity index (χ2n) is 10.8.